The highest BCUT2D eigenvalue weighted by Crippen LogP contribution is 2.17. The number of carbonyl (C=O) groups is 2. The molecule has 0 bridgehead atoms. The third-order valence-corrected chi connectivity index (χ3v) is 3.95. The Hall–Kier alpha value is -1.34. The summed E-state index contributed by atoms with van der Waals surface area (Å²) in [5, 5.41) is 11.9. The minimum absolute atomic E-state index is 0.0152. The van der Waals surface area contributed by atoms with Crippen LogP contribution in [0.3, 0.4) is 0 Å². The van der Waals surface area contributed by atoms with Gasteiger partial charge < -0.3 is 20.1 Å². The highest BCUT2D eigenvalue weighted by molar-refractivity contribution is 5.83. The number of nitrogens with zero attached hydrogens (tertiary/aromatic N) is 2. The molecule has 2 heterocycles. The molecule has 1 unspecified atom stereocenters. The molecule has 114 valence electrons. The van der Waals surface area contributed by atoms with E-state index in [9.17, 15) is 9.59 Å². The number of carbonyl (C=O) groups excluding carboxylic acids is 1. The van der Waals surface area contributed by atoms with Crippen LogP contribution < -0.4 is 5.32 Å². The van der Waals surface area contributed by atoms with E-state index < -0.39 is 12.0 Å². The molecule has 0 aliphatic carbocycles. The second-order valence-corrected chi connectivity index (χ2v) is 5.26. The van der Waals surface area contributed by atoms with E-state index in [1.165, 1.54) is 4.90 Å². The molecule has 2 fully saturated rings. The number of hydrogen-bond donors (Lipinski definition) is 2. The fraction of sp³-hybridized carbons (Fsp3) is 0.846. The van der Waals surface area contributed by atoms with Crippen molar-refractivity contribution in [3.05, 3.63) is 0 Å². The summed E-state index contributed by atoms with van der Waals surface area (Å²) in [6.07, 6.45) is 1.26. The number of ether oxygens (including phenoxy) is 1. The van der Waals surface area contributed by atoms with Gasteiger partial charge in [0.05, 0.1) is 12.7 Å². The number of aliphatic carboxylic acids is 1. The van der Waals surface area contributed by atoms with Gasteiger partial charge in [-0.15, -0.1) is 0 Å². The monoisotopic (exact) mass is 285 g/mol. The number of rotatable bonds is 4. The van der Waals surface area contributed by atoms with Crippen LogP contribution in [0.2, 0.25) is 0 Å². The van der Waals surface area contributed by atoms with Crippen LogP contribution in [0.15, 0.2) is 0 Å². The molecule has 2 atom stereocenters. The summed E-state index contributed by atoms with van der Waals surface area (Å²) in [5.41, 5.74) is 0. The van der Waals surface area contributed by atoms with Gasteiger partial charge in [0.15, 0.2) is 0 Å². The highest BCUT2D eigenvalue weighted by Gasteiger charge is 2.34. The molecule has 2 aliphatic rings. The molecular formula is C13H23N3O4. The fourth-order valence-corrected chi connectivity index (χ4v) is 2.76. The van der Waals surface area contributed by atoms with Crippen LogP contribution >= 0.6 is 0 Å². The van der Waals surface area contributed by atoms with Crippen LogP contribution in [0.4, 0.5) is 4.79 Å². The Morgan fingerprint density at radius 1 is 1.40 bits per heavy atom. The molecule has 2 amide bonds. The molecule has 7 nitrogen and oxygen atoms in total. The maximum Gasteiger partial charge on any atom is 0.326 e. The molecule has 0 aromatic carbocycles. The first kappa shape index (κ1) is 15.1. The van der Waals surface area contributed by atoms with Gasteiger partial charge in [-0.05, 0) is 19.4 Å². The molecule has 2 N–H and O–H groups in total. The van der Waals surface area contributed by atoms with E-state index in [2.05, 4.69) is 17.1 Å². The van der Waals surface area contributed by atoms with Gasteiger partial charge in [0.25, 0.3) is 0 Å². The summed E-state index contributed by atoms with van der Waals surface area (Å²) in [6, 6.07) is -0.985. The lowest BCUT2D eigenvalue weighted by Crippen LogP contribution is -2.51. The SMILES string of the molecule is CCN1CCOC(CNC(=O)N2CCC[C@H]2C(=O)O)C1. The summed E-state index contributed by atoms with van der Waals surface area (Å²) in [7, 11) is 0. The van der Waals surface area contributed by atoms with Crippen LogP contribution in [-0.2, 0) is 9.53 Å². The summed E-state index contributed by atoms with van der Waals surface area (Å²) in [6.45, 7) is 6.42. The smallest absolute Gasteiger partial charge is 0.326 e. The molecule has 20 heavy (non-hydrogen) atoms. The minimum atomic E-state index is -0.927. The fourth-order valence-electron chi connectivity index (χ4n) is 2.76. The van der Waals surface area contributed by atoms with Crippen LogP contribution in [0, 0.1) is 0 Å². The molecule has 0 saturated carbocycles. The number of likely N-dealkylation sites (tertiary alicyclic amines) is 1. The zero-order chi connectivity index (χ0) is 14.5. The van der Waals surface area contributed by atoms with Crippen LogP contribution in [0.1, 0.15) is 19.8 Å². The van der Waals surface area contributed by atoms with Crippen molar-refractivity contribution in [2.24, 2.45) is 0 Å². The van der Waals surface area contributed by atoms with E-state index in [4.69, 9.17) is 9.84 Å². The average molecular weight is 285 g/mol. The van der Waals surface area contributed by atoms with Gasteiger partial charge in [0, 0.05) is 26.2 Å². The number of carboxylic acid groups (broad SMARTS) is 1. The number of hydrogen-bond acceptors (Lipinski definition) is 4. The summed E-state index contributed by atoms with van der Waals surface area (Å²) in [4.78, 5) is 26.8. The van der Waals surface area contributed by atoms with Gasteiger partial charge in [0.1, 0.15) is 6.04 Å². The molecule has 0 spiro atoms. The average Bonchev–Trinajstić information content (AvgIpc) is 2.94. The van der Waals surface area contributed by atoms with E-state index in [-0.39, 0.29) is 12.1 Å². The standard InChI is InChI=1S/C13H23N3O4/c1-2-15-6-7-20-10(9-15)8-14-13(19)16-5-3-4-11(16)12(17)18/h10-11H,2-9H2,1H3,(H,14,19)(H,17,18)/t10?,11-/m0/s1. The molecule has 7 heteroatoms. The first-order chi connectivity index (χ1) is 9.61. The van der Waals surface area contributed by atoms with Gasteiger partial charge in [-0.25, -0.2) is 9.59 Å². The van der Waals surface area contributed by atoms with Gasteiger partial charge in [-0.1, -0.05) is 6.92 Å². The van der Waals surface area contributed by atoms with E-state index >= 15 is 0 Å². The lowest BCUT2D eigenvalue weighted by molar-refractivity contribution is -0.141. The van der Waals surface area contributed by atoms with E-state index in [0.717, 1.165) is 26.1 Å². The Labute approximate surface area is 118 Å². The lowest BCUT2D eigenvalue weighted by Gasteiger charge is -2.32. The molecule has 0 aromatic rings. The van der Waals surface area contributed by atoms with Gasteiger partial charge in [-0.3, -0.25) is 4.90 Å². The maximum atomic E-state index is 12.0. The van der Waals surface area contributed by atoms with Gasteiger partial charge in [0.2, 0.25) is 0 Å². The molecule has 0 radical (unpaired) electrons. The summed E-state index contributed by atoms with van der Waals surface area (Å²) in [5.74, 6) is -0.927. The number of likely N-dealkylation sites (N-methyl/N-ethyl adjacent to an activating group) is 1. The van der Waals surface area contributed by atoms with Crippen molar-refractivity contribution >= 4 is 12.0 Å². The largest absolute Gasteiger partial charge is 0.480 e. The number of urea groups is 1. The highest BCUT2D eigenvalue weighted by atomic mass is 16.5. The van der Waals surface area contributed by atoms with E-state index in [1.54, 1.807) is 0 Å². The predicted octanol–water partition coefficient (Wildman–Crippen LogP) is -0.0343. The van der Waals surface area contributed by atoms with Crippen molar-refractivity contribution in [3.63, 3.8) is 0 Å². The Bertz CT molecular complexity index is 364. The second kappa shape index (κ2) is 6.90. The Kier molecular flexibility index (Phi) is 5.19. The lowest BCUT2D eigenvalue weighted by atomic mass is 10.2. The molecule has 0 aromatic heterocycles. The van der Waals surface area contributed by atoms with Crippen molar-refractivity contribution < 1.29 is 19.4 Å². The van der Waals surface area contributed by atoms with E-state index in [0.29, 0.717) is 26.1 Å². The second-order valence-electron chi connectivity index (χ2n) is 5.26. The van der Waals surface area contributed by atoms with Gasteiger partial charge in [-0.2, -0.15) is 0 Å². The Morgan fingerprint density at radius 2 is 2.20 bits per heavy atom. The van der Waals surface area contributed by atoms with Crippen molar-refractivity contribution in [1.29, 1.82) is 0 Å². The van der Waals surface area contributed by atoms with Gasteiger partial charge >= 0.3 is 12.0 Å². The number of morpholine rings is 1. The number of amides is 2. The van der Waals surface area contributed by atoms with Crippen molar-refractivity contribution in [3.8, 4) is 0 Å². The zero-order valence-electron chi connectivity index (χ0n) is 11.9. The molecular weight excluding hydrogens is 262 g/mol. The maximum absolute atomic E-state index is 12.0. The van der Waals surface area contributed by atoms with Crippen molar-refractivity contribution in [2.45, 2.75) is 31.9 Å². The zero-order valence-corrected chi connectivity index (χ0v) is 11.9. The predicted molar refractivity (Wildman–Crippen MR) is 72.6 cm³/mol. The molecule has 2 rings (SSSR count). The summed E-state index contributed by atoms with van der Waals surface area (Å²) >= 11 is 0. The van der Waals surface area contributed by atoms with Crippen LogP contribution in [0.5, 0.6) is 0 Å². The van der Waals surface area contributed by atoms with Crippen LogP contribution in [0.25, 0.3) is 0 Å². The minimum Gasteiger partial charge on any atom is -0.480 e. The van der Waals surface area contributed by atoms with Crippen LogP contribution in [-0.4, -0.2) is 78.4 Å². The first-order valence-electron chi connectivity index (χ1n) is 7.23. The first-order valence-corrected chi connectivity index (χ1v) is 7.23. The topological polar surface area (TPSA) is 82.1 Å². The Balaban J connectivity index is 1.78. The normalized spacial score (nSPS) is 27.6. The third kappa shape index (κ3) is 3.61. The van der Waals surface area contributed by atoms with Crippen molar-refractivity contribution in [2.75, 3.05) is 39.3 Å². The number of nitrogens with one attached hydrogen (secondary N) is 1. The molecule has 2 saturated heterocycles. The van der Waals surface area contributed by atoms with E-state index in [1.807, 2.05) is 0 Å². The quantitative estimate of drug-likeness (QED) is 0.758. The molecule has 2 aliphatic heterocycles. The van der Waals surface area contributed by atoms with Crippen molar-refractivity contribution in [1.82, 2.24) is 15.1 Å². The summed E-state index contributed by atoms with van der Waals surface area (Å²) < 4.78 is 5.61. The number of carboxylic acids is 1. The third-order valence-electron chi connectivity index (χ3n) is 3.95. The Morgan fingerprint density at radius 3 is 2.90 bits per heavy atom.